The number of benzene rings is 1. The summed E-state index contributed by atoms with van der Waals surface area (Å²) in [7, 11) is -2.93. The summed E-state index contributed by atoms with van der Waals surface area (Å²) in [6.07, 6.45) is 2.35. The van der Waals surface area contributed by atoms with Gasteiger partial charge in [0.1, 0.15) is 9.84 Å². The second-order valence-electron chi connectivity index (χ2n) is 5.67. The van der Waals surface area contributed by atoms with Crippen molar-refractivity contribution >= 4 is 33.0 Å². The molecule has 0 aromatic heterocycles. The van der Waals surface area contributed by atoms with Crippen molar-refractivity contribution in [2.24, 2.45) is 5.92 Å². The molecule has 3 nitrogen and oxygen atoms in total. The Kier molecular flexibility index (Phi) is 5.00. The second kappa shape index (κ2) is 6.22. The van der Waals surface area contributed by atoms with Gasteiger partial charge in [0, 0.05) is 22.3 Å². The normalized spacial score (nSPS) is 23.6. The van der Waals surface area contributed by atoms with Crippen LogP contribution in [0.25, 0.3) is 0 Å². The van der Waals surface area contributed by atoms with Crippen LogP contribution in [0, 0.1) is 5.92 Å². The molecule has 0 amide bonds. The van der Waals surface area contributed by atoms with E-state index in [1.165, 1.54) is 6.26 Å². The van der Waals surface area contributed by atoms with Crippen LogP contribution in [0.4, 0.5) is 0 Å². The molecule has 1 aromatic rings. The maximum atomic E-state index is 11.2. The van der Waals surface area contributed by atoms with Gasteiger partial charge in [-0.2, -0.15) is 0 Å². The first-order valence-electron chi connectivity index (χ1n) is 6.62. The van der Waals surface area contributed by atoms with Gasteiger partial charge in [-0.1, -0.05) is 29.3 Å². The van der Waals surface area contributed by atoms with Gasteiger partial charge in [0.15, 0.2) is 0 Å². The molecular formula is C14H19Cl2NO2S. The molecule has 6 heteroatoms. The van der Waals surface area contributed by atoms with E-state index in [1.54, 1.807) is 6.07 Å². The summed E-state index contributed by atoms with van der Waals surface area (Å²) in [5, 5.41) is 4.65. The Labute approximate surface area is 130 Å². The van der Waals surface area contributed by atoms with E-state index in [0.717, 1.165) is 18.5 Å². The monoisotopic (exact) mass is 335 g/mol. The van der Waals surface area contributed by atoms with Crippen LogP contribution in [-0.4, -0.2) is 33.0 Å². The highest BCUT2D eigenvalue weighted by molar-refractivity contribution is 7.90. The molecule has 0 unspecified atom stereocenters. The molecule has 1 aliphatic rings. The molecule has 112 valence electrons. The van der Waals surface area contributed by atoms with E-state index in [2.05, 4.69) is 5.32 Å². The van der Waals surface area contributed by atoms with E-state index in [1.807, 2.05) is 19.1 Å². The molecule has 1 aromatic carbocycles. The van der Waals surface area contributed by atoms with Crippen LogP contribution in [0.5, 0.6) is 0 Å². The Bertz CT molecular complexity index is 589. The van der Waals surface area contributed by atoms with Crippen molar-refractivity contribution in [1.29, 1.82) is 0 Å². The average molecular weight is 336 g/mol. The molecule has 2 rings (SSSR count). The van der Waals surface area contributed by atoms with E-state index in [-0.39, 0.29) is 11.8 Å². The molecule has 0 bridgehead atoms. The van der Waals surface area contributed by atoms with Gasteiger partial charge < -0.3 is 5.32 Å². The van der Waals surface area contributed by atoms with Gasteiger partial charge in [-0.05, 0) is 49.4 Å². The largest absolute Gasteiger partial charge is 0.313 e. The lowest BCUT2D eigenvalue weighted by Crippen LogP contribution is -2.34. The quantitative estimate of drug-likeness (QED) is 0.868. The van der Waals surface area contributed by atoms with Crippen LogP contribution in [0.15, 0.2) is 18.2 Å². The van der Waals surface area contributed by atoms with Crippen molar-refractivity contribution in [3.63, 3.8) is 0 Å². The number of rotatable bonds is 6. The smallest absolute Gasteiger partial charge is 0.148 e. The number of sulfone groups is 1. The molecule has 0 spiro atoms. The lowest BCUT2D eigenvalue weighted by Gasteiger charge is -2.12. The van der Waals surface area contributed by atoms with Crippen molar-refractivity contribution < 1.29 is 8.42 Å². The number of hydrogen-bond donors (Lipinski definition) is 1. The van der Waals surface area contributed by atoms with Gasteiger partial charge in [0.2, 0.25) is 0 Å². The van der Waals surface area contributed by atoms with Crippen molar-refractivity contribution in [3.05, 3.63) is 33.8 Å². The fraction of sp³-hybridized carbons (Fsp3) is 0.571. The molecule has 1 fully saturated rings. The zero-order chi connectivity index (χ0) is 14.9. The fourth-order valence-corrected chi connectivity index (χ4v) is 4.10. The minimum absolute atomic E-state index is 0.0214. The maximum Gasteiger partial charge on any atom is 0.148 e. The summed E-state index contributed by atoms with van der Waals surface area (Å²) in [5.74, 6) is 1.15. The molecule has 20 heavy (non-hydrogen) atoms. The summed E-state index contributed by atoms with van der Waals surface area (Å²) in [6.45, 7) is 2.72. The van der Waals surface area contributed by atoms with Crippen molar-refractivity contribution in [3.8, 4) is 0 Å². The van der Waals surface area contributed by atoms with Crippen molar-refractivity contribution in [2.45, 2.75) is 25.3 Å². The van der Waals surface area contributed by atoms with Crippen LogP contribution in [-0.2, 0) is 9.84 Å². The third-order valence-corrected chi connectivity index (χ3v) is 5.23. The zero-order valence-electron chi connectivity index (χ0n) is 11.6. The first-order valence-corrected chi connectivity index (χ1v) is 9.44. The predicted molar refractivity (Wildman–Crippen MR) is 84.5 cm³/mol. The molecule has 1 saturated carbocycles. The van der Waals surface area contributed by atoms with E-state index in [0.29, 0.717) is 21.9 Å². The summed E-state index contributed by atoms with van der Waals surface area (Å²) >= 11 is 12.1. The van der Waals surface area contributed by atoms with Gasteiger partial charge >= 0.3 is 0 Å². The third kappa shape index (κ3) is 4.62. The van der Waals surface area contributed by atoms with Crippen LogP contribution in [0.1, 0.15) is 24.8 Å². The van der Waals surface area contributed by atoms with Gasteiger partial charge in [0.25, 0.3) is 0 Å². The third-order valence-electron chi connectivity index (χ3n) is 3.57. The topological polar surface area (TPSA) is 46.2 Å². The molecule has 0 radical (unpaired) electrons. The SMILES string of the molecule is C[C@H](CS(C)(=O)=O)NC[C@@H]1C[C@H]1c1ccc(Cl)cc1Cl. The highest BCUT2D eigenvalue weighted by Gasteiger charge is 2.39. The average Bonchev–Trinajstić information content (AvgIpc) is 3.03. The van der Waals surface area contributed by atoms with Crippen LogP contribution in [0.3, 0.4) is 0 Å². The Morgan fingerprint density at radius 2 is 2.10 bits per heavy atom. The zero-order valence-corrected chi connectivity index (χ0v) is 13.9. The molecule has 0 heterocycles. The van der Waals surface area contributed by atoms with Gasteiger partial charge in [-0.3, -0.25) is 0 Å². The van der Waals surface area contributed by atoms with Crippen LogP contribution >= 0.6 is 23.2 Å². The van der Waals surface area contributed by atoms with Crippen molar-refractivity contribution in [2.75, 3.05) is 18.6 Å². The highest BCUT2D eigenvalue weighted by Crippen LogP contribution is 2.49. The Morgan fingerprint density at radius 1 is 1.40 bits per heavy atom. The Balaban J connectivity index is 1.84. The molecule has 3 atom stereocenters. The summed E-state index contributed by atoms with van der Waals surface area (Å²) in [6, 6.07) is 5.59. The van der Waals surface area contributed by atoms with Crippen LogP contribution < -0.4 is 5.32 Å². The fourth-order valence-electron chi connectivity index (χ4n) is 2.52. The van der Waals surface area contributed by atoms with E-state index < -0.39 is 9.84 Å². The standard InChI is InChI=1S/C14H19Cl2NO2S/c1-9(8-20(2,18)19)17-7-10-5-13(10)12-4-3-11(15)6-14(12)16/h3-4,6,9-10,13,17H,5,7-8H2,1-2H3/t9-,10+,13-/m1/s1. The van der Waals surface area contributed by atoms with E-state index in [9.17, 15) is 8.42 Å². The van der Waals surface area contributed by atoms with E-state index >= 15 is 0 Å². The molecule has 0 saturated heterocycles. The Hall–Kier alpha value is -0.290. The van der Waals surface area contributed by atoms with Crippen LogP contribution in [0.2, 0.25) is 10.0 Å². The molecule has 1 N–H and O–H groups in total. The maximum absolute atomic E-state index is 11.2. The first-order chi connectivity index (χ1) is 9.26. The minimum atomic E-state index is -2.93. The number of halogens is 2. The summed E-state index contributed by atoms with van der Waals surface area (Å²) < 4.78 is 22.4. The Morgan fingerprint density at radius 3 is 2.70 bits per heavy atom. The number of hydrogen-bond acceptors (Lipinski definition) is 3. The lowest BCUT2D eigenvalue weighted by atomic mass is 10.1. The molecule has 1 aliphatic carbocycles. The van der Waals surface area contributed by atoms with E-state index in [4.69, 9.17) is 23.2 Å². The summed E-state index contributed by atoms with van der Waals surface area (Å²) in [4.78, 5) is 0. The van der Waals surface area contributed by atoms with Crippen molar-refractivity contribution in [1.82, 2.24) is 5.32 Å². The molecular weight excluding hydrogens is 317 g/mol. The minimum Gasteiger partial charge on any atom is -0.313 e. The first kappa shape index (κ1) is 16.1. The second-order valence-corrected chi connectivity index (χ2v) is 8.70. The van der Waals surface area contributed by atoms with Gasteiger partial charge in [-0.15, -0.1) is 0 Å². The number of nitrogens with one attached hydrogen (secondary N) is 1. The van der Waals surface area contributed by atoms with Gasteiger partial charge in [0.05, 0.1) is 5.75 Å². The predicted octanol–water partition coefficient (Wildman–Crippen LogP) is 3.12. The summed E-state index contributed by atoms with van der Waals surface area (Å²) in [5.41, 5.74) is 1.14. The molecule has 0 aliphatic heterocycles. The highest BCUT2D eigenvalue weighted by atomic mass is 35.5. The lowest BCUT2D eigenvalue weighted by molar-refractivity contribution is 0.541. The van der Waals surface area contributed by atoms with Gasteiger partial charge in [-0.25, -0.2) is 8.42 Å².